The van der Waals surface area contributed by atoms with E-state index in [2.05, 4.69) is 10.3 Å². The van der Waals surface area contributed by atoms with Crippen molar-refractivity contribution in [1.82, 2.24) is 4.98 Å². The maximum Gasteiger partial charge on any atom is 0.348 e. The largest absolute Gasteiger partial charge is 0.462 e. The molecule has 0 aliphatic rings. The summed E-state index contributed by atoms with van der Waals surface area (Å²) in [6.45, 7) is 5.44. The van der Waals surface area contributed by atoms with Crippen LogP contribution in [0.1, 0.15) is 45.3 Å². The predicted molar refractivity (Wildman–Crippen MR) is 112 cm³/mol. The number of fused-ring (bicyclic) bond motifs is 1. The first-order valence-corrected chi connectivity index (χ1v) is 10.0. The van der Waals surface area contributed by atoms with E-state index in [1.807, 2.05) is 18.2 Å². The van der Waals surface area contributed by atoms with E-state index in [0.717, 1.165) is 11.3 Å². The smallest absolute Gasteiger partial charge is 0.348 e. The summed E-state index contributed by atoms with van der Waals surface area (Å²) in [5.41, 5.74) is 1.98. The Morgan fingerprint density at radius 2 is 1.93 bits per heavy atom. The van der Waals surface area contributed by atoms with E-state index >= 15 is 0 Å². The molecular weight excluding hydrogens is 406 g/mol. The third-order valence-electron chi connectivity index (χ3n) is 4.08. The molecule has 0 fully saturated rings. The van der Waals surface area contributed by atoms with E-state index in [1.54, 1.807) is 32.9 Å². The summed E-state index contributed by atoms with van der Waals surface area (Å²) in [5, 5.41) is 12.8. The monoisotopic (exact) mass is 425 g/mol. The first-order chi connectivity index (χ1) is 14.5. The highest BCUT2D eigenvalue weighted by molar-refractivity contribution is 7.18. The molecular formula is C21H19N3O5S. The van der Waals surface area contributed by atoms with Gasteiger partial charge in [-0.25, -0.2) is 14.6 Å². The molecule has 2 heterocycles. The Balaban J connectivity index is 1.99. The van der Waals surface area contributed by atoms with Gasteiger partial charge in [-0.05, 0) is 38.5 Å². The molecule has 1 N–H and O–H groups in total. The Morgan fingerprint density at radius 1 is 1.23 bits per heavy atom. The van der Waals surface area contributed by atoms with Gasteiger partial charge in [0, 0.05) is 6.20 Å². The van der Waals surface area contributed by atoms with E-state index in [4.69, 9.17) is 13.9 Å². The van der Waals surface area contributed by atoms with Gasteiger partial charge in [-0.2, -0.15) is 5.26 Å². The van der Waals surface area contributed by atoms with Crippen molar-refractivity contribution in [3.63, 3.8) is 0 Å². The molecule has 0 radical (unpaired) electrons. The van der Waals surface area contributed by atoms with E-state index in [0.29, 0.717) is 21.7 Å². The highest BCUT2D eigenvalue weighted by Crippen LogP contribution is 2.35. The number of aromatic nitrogens is 1. The van der Waals surface area contributed by atoms with E-state index < -0.39 is 11.9 Å². The van der Waals surface area contributed by atoms with Crippen molar-refractivity contribution in [2.24, 2.45) is 0 Å². The lowest BCUT2D eigenvalue weighted by atomic mass is 10.1. The zero-order valence-electron chi connectivity index (χ0n) is 16.6. The minimum atomic E-state index is -0.571. The van der Waals surface area contributed by atoms with Gasteiger partial charge < -0.3 is 19.2 Å². The van der Waals surface area contributed by atoms with E-state index in [9.17, 15) is 14.9 Å². The number of carbonyl (C=O) groups excluding carboxylic acids is 2. The molecule has 30 heavy (non-hydrogen) atoms. The molecule has 3 aromatic rings. The molecule has 0 saturated heterocycles. The molecule has 0 spiro atoms. The topological polar surface area (TPSA) is 114 Å². The van der Waals surface area contributed by atoms with Crippen LogP contribution in [0.15, 0.2) is 34.9 Å². The fourth-order valence-electron chi connectivity index (χ4n) is 2.72. The number of ether oxygens (including phenoxy) is 2. The minimum absolute atomic E-state index is 0.129. The number of hydrogen-bond donors (Lipinski definition) is 1. The zero-order chi connectivity index (χ0) is 21.7. The van der Waals surface area contributed by atoms with Gasteiger partial charge in [0.05, 0.1) is 18.8 Å². The molecule has 0 amide bonds. The Morgan fingerprint density at radius 3 is 2.60 bits per heavy atom. The van der Waals surface area contributed by atoms with Crippen LogP contribution in [0, 0.1) is 18.3 Å². The maximum atomic E-state index is 12.5. The fourth-order valence-corrected chi connectivity index (χ4v) is 3.78. The molecule has 0 aliphatic heterocycles. The molecule has 8 nitrogen and oxygen atoms in total. The van der Waals surface area contributed by atoms with Crippen LogP contribution in [-0.2, 0) is 9.47 Å². The Hall–Kier alpha value is -3.64. The average Bonchev–Trinajstić information content (AvgIpc) is 3.30. The number of carbonyl (C=O) groups is 2. The number of hydrogen-bond acceptors (Lipinski definition) is 9. The van der Waals surface area contributed by atoms with Gasteiger partial charge >= 0.3 is 11.9 Å². The molecule has 154 valence electrons. The number of esters is 2. The summed E-state index contributed by atoms with van der Waals surface area (Å²) in [6, 6.07) is 9.18. The molecule has 9 heteroatoms. The van der Waals surface area contributed by atoms with Gasteiger partial charge in [0.2, 0.25) is 5.89 Å². The first kappa shape index (κ1) is 21.1. The Bertz CT molecular complexity index is 1140. The van der Waals surface area contributed by atoms with Gasteiger partial charge in [0.25, 0.3) is 0 Å². The summed E-state index contributed by atoms with van der Waals surface area (Å²) >= 11 is 1.05. The summed E-state index contributed by atoms with van der Waals surface area (Å²) in [4.78, 5) is 29.3. The van der Waals surface area contributed by atoms with Crippen molar-refractivity contribution in [2.75, 3.05) is 18.5 Å². The van der Waals surface area contributed by atoms with Gasteiger partial charge in [0.1, 0.15) is 27.0 Å². The van der Waals surface area contributed by atoms with Crippen LogP contribution in [0.5, 0.6) is 0 Å². The lowest BCUT2D eigenvalue weighted by molar-refractivity contribution is 0.0527. The number of allylic oxidation sites excluding steroid dienone is 1. The van der Waals surface area contributed by atoms with E-state index in [-0.39, 0.29) is 35.1 Å². The number of oxazole rings is 1. The van der Waals surface area contributed by atoms with Crippen molar-refractivity contribution < 1.29 is 23.5 Å². The molecule has 0 saturated carbocycles. The summed E-state index contributed by atoms with van der Waals surface area (Å²) in [6.07, 6.45) is 1.38. The van der Waals surface area contributed by atoms with Crippen LogP contribution in [0.4, 0.5) is 5.00 Å². The predicted octanol–water partition coefficient (Wildman–Crippen LogP) is 4.53. The van der Waals surface area contributed by atoms with Gasteiger partial charge in [0.15, 0.2) is 5.58 Å². The number of nitrogens with one attached hydrogen (secondary N) is 1. The number of benzene rings is 1. The molecule has 0 unspecified atom stereocenters. The number of rotatable bonds is 7. The normalized spacial score (nSPS) is 11.2. The van der Waals surface area contributed by atoms with Gasteiger partial charge in [-0.1, -0.05) is 12.1 Å². The molecule has 0 bridgehead atoms. The third kappa shape index (κ3) is 4.18. The van der Waals surface area contributed by atoms with Gasteiger partial charge in [-0.3, -0.25) is 0 Å². The molecule has 0 aliphatic carbocycles. The fraction of sp³-hybridized carbons (Fsp3) is 0.238. The van der Waals surface area contributed by atoms with Crippen LogP contribution in [0.25, 0.3) is 16.7 Å². The summed E-state index contributed by atoms with van der Waals surface area (Å²) in [5.74, 6) is -0.956. The number of thiophene rings is 1. The van der Waals surface area contributed by atoms with Crippen molar-refractivity contribution in [3.05, 3.63) is 52.4 Å². The number of para-hydroxylation sites is 2. The highest BCUT2D eigenvalue weighted by atomic mass is 32.1. The van der Waals surface area contributed by atoms with Crippen molar-refractivity contribution in [1.29, 1.82) is 5.26 Å². The molecule has 3 rings (SSSR count). The second-order valence-corrected chi connectivity index (χ2v) is 7.02. The Kier molecular flexibility index (Phi) is 6.49. The first-order valence-electron chi connectivity index (χ1n) is 9.20. The van der Waals surface area contributed by atoms with Crippen LogP contribution < -0.4 is 5.32 Å². The highest BCUT2D eigenvalue weighted by Gasteiger charge is 2.26. The van der Waals surface area contributed by atoms with Crippen molar-refractivity contribution >= 4 is 44.9 Å². The van der Waals surface area contributed by atoms with Crippen LogP contribution in [0.3, 0.4) is 0 Å². The molecule has 2 aromatic heterocycles. The zero-order valence-corrected chi connectivity index (χ0v) is 17.5. The number of nitrogens with zero attached hydrogens (tertiary/aromatic N) is 2. The van der Waals surface area contributed by atoms with Crippen LogP contribution in [0.2, 0.25) is 0 Å². The van der Waals surface area contributed by atoms with Crippen LogP contribution in [-0.4, -0.2) is 30.1 Å². The number of anilines is 1. The van der Waals surface area contributed by atoms with Gasteiger partial charge in [-0.15, -0.1) is 11.3 Å². The second-order valence-electron chi connectivity index (χ2n) is 6.00. The van der Waals surface area contributed by atoms with Crippen LogP contribution >= 0.6 is 11.3 Å². The van der Waals surface area contributed by atoms with Crippen molar-refractivity contribution in [3.8, 4) is 6.07 Å². The second kappa shape index (κ2) is 9.24. The third-order valence-corrected chi connectivity index (χ3v) is 5.28. The summed E-state index contributed by atoms with van der Waals surface area (Å²) in [7, 11) is 0. The lowest BCUT2D eigenvalue weighted by Gasteiger charge is -2.05. The average molecular weight is 425 g/mol. The number of nitriles is 1. The Labute approximate surface area is 176 Å². The standard InChI is InChI=1S/C21H19N3O5S/c1-4-27-20(25)16-12(3)17(21(26)28-5-2)30-19(16)23-11-13(10-22)18-24-14-8-6-7-9-15(14)29-18/h6-9,11,23H,4-5H2,1-3H3. The molecule has 1 aromatic carbocycles. The SMILES string of the molecule is CCOC(=O)c1sc(NC=C(C#N)c2nc3ccccc3o2)c(C(=O)OCC)c1C. The van der Waals surface area contributed by atoms with Crippen molar-refractivity contribution in [2.45, 2.75) is 20.8 Å². The van der Waals surface area contributed by atoms with E-state index in [1.165, 1.54) is 6.20 Å². The lowest BCUT2D eigenvalue weighted by Crippen LogP contribution is -2.09. The minimum Gasteiger partial charge on any atom is -0.462 e. The quantitative estimate of drug-likeness (QED) is 0.434. The summed E-state index contributed by atoms with van der Waals surface area (Å²) < 4.78 is 15.8. The maximum absolute atomic E-state index is 12.5. The molecule has 0 atom stereocenters.